The van der Waals surface area contributed by atoms with Gasteiger partial charge in [0.1, 0.15) is 5.65 Å². The zero-order valence-electron chi connectivity index (χ0n) is 23.4. The van der Waals surface area contributed by atoms with Crippen LogP contribution in [0.5, 0.6) is 0 Å². The van der Waals surface area contributed by atoms with Crippen molar-refractivity contribution in [1.82, 2.24) is 18.9 Å². The van der Waals surface area contributed by atoms with E-state index >= 15 is 0 Å². The number of imidazole rings is 1. The Morgan fingerprint density at radius 3 is 2.60 bits per heavy atom. The molecule has 4 aromatic heterocycles. The smallest absolute Gasteiger partial charge is 0.337 e. The molecule has 0 aliphatic heterocycles. The van der Waals surface area contributed by atoms with E-state index < -0.39 is 5.97 Å². The second-order valence-corrected chi connectivity index (χ2v) is 10.8. The minimum Gasteiger partial charge on any atom is -0.478 e. The molecule has 0 bridgehead atoms. The van der Waals surface area contributed by atoms with Gasteiger partial charge >= 0.3 is 5.97 Å². The molecule has 206 valence electrons. The highest BCUT2D eigenvalue weighted by atomic mass is 16.4. The van der Waals surface area contributed by atoms with Crippen LogP contribution in [0.1, 0.15) is 39.2 Å². The van der Waals surface area contributed by atoms with E-state index in [1.165, 1.54) is 27.6 Å². The van der Waals surface area contributed by atoms with E-state index in [9.17, 15) is 9.90 Å². The standard InChI is InChI=1S/C36H30N4O2/c1-24-8-6-12-30-33(24)27(23-39(30)20-7-9-25-16-18-37-19-17-25)22-31-35(38-32-13-4-5-21-40(31)32)29-15-14-26-10-2-3-11-28(26)34(29)36(41)42/h2-6,8,10-19,21,23H,7,9,20,22H2,1H3,(H,41,42). The van der Waals surface area contributed by atoms with Crippen LogP contribution in [0.3, 0.4) is 0 Å². The summed E-state index contributed by atoms with van der Waals surface area (Å²) in [5.74, 6) is -0.952. The van der Waals surface area contributed by atoms with Gasteiger partial charge < -0.3 is 14.1 Å². The summed E-state index contributed by atoms with van der Waals surface area (Å²) in [6, 6.07) is 28.1. The van der Waals surface area contributed by atoms with E-state index in [2.05, 4.69) is 57.4 Å². The number of pyridine rings is 2. The van der Waals surface area contributed by atoms with Crippen molar-refractivity contribution in [3.05, 3.63) is 138 Å². The quantitative estimate of drug-likeness (QED) is 0.210. The Morgan fingerprint density at radius 1 is 0.905 bits per heavy atom. The number of aromatic carboxylic acids is 1. The van der Waals surface area contributed by atoms with Gasteiger partial charge in [0.15, 0.2) is 0 Å². The van der Waals surface area contributed by atoms with E-state index in [4.69, 9.17) is 4.98 Å². The van der Waals surface area contributed by atoms with Gasteiger partial charge in [0.05, 0.1) is 17.0 Å². The van der Waals surface area contributed by atoms with E-state index in [0.717, 1.165) is 36.1 Å². The fraction of sp³-hybridized carbons (Fsp3) is 0.139. The van der Waals surface area contributed by atoms with Crippen LogP contribution in [-0.4, -0.2) is 30.0 Å². The van der Waals surface area contributed by atoms with Crippen LogP contribution in [0, 0.1) is 6.92 Å². The van der Waals surface area contributed by atoms with Crippen molar-refractivity contribution in [3.63, 3.8) is 0 Å². The molecule has 0 saturated heterocycles. The number of aryl methyl sites for hydroxylation is 3. The summed E-state index contributed by atoms with van der Waals surface area (Å²) in [6.07, 6.45) is 10.6. The summed E-state index contributed by atoms with van der Waals surface area (Å²) in [6.45, 7) is 3.06. The van der Waals surface area contributed by atoms with Gasteiger partial charge in [0, 0.05) is 54.2 Å². The molecule has 0 aliphatic rings. The summed E-state index contributed by atoms with van der Waals surface area (Å²) >= 11 is 0. The number of hydrogen-bond acceptors (Lipinski definition) is 3. The molecule has 0 spiro atoms. The van der Waals surface area contributed by atoms with Crippen molar-refractivity contribution in [2.24, 2.45) is 0 Å². The lowest BCUT2D eigenvalue weighted by Gasteiger charge is -2.11. The first-order valence-corrected chi connectivity index (χ1v) is 14.3. The molecule has 1 N–H and O–H groups in total. The van der Waals surface area contributed by atoms with Gasteiger partial charge in [-0.1, -0.05) is 54.6 Å². The lowest BCUT2D eigenvalue weighted by molar-refractivity contribution is 0.0700. The second-order valence-electron chi connectivity index (χ2n) is 10.8. The van der Waals surface area contributed by atoms with Gasteiger partial charge in [0.25, 0.3) is 0 Å². The molecule has 0 fully saturated rings. The fourth-order valence-electron chi connectivity index (χ4n) is 6.26. The van der Waals surface area contributed by atoms with Crippen LogP contribution < -0.4 is 0 Å². The minimum absolute atomic E-state index is 0.285. The van der Waals surface area contributed by atoms with Crippen molar-refractivity contribution in [1.29, 1.82) is 0 Å². The summed E-state index contributed by atoms with van der Waals surface area (Å²) in [7, 11) is 0. The molecule has 0 aliphatic carbocycles. The Balaban J connectivity index is 1.35. The summed E-state index contributed by atoms with van der Waals surface area (Å²) in [5.41, 5.74) is 8.33. The van der Waals surface area contributed by atoms with E-state index in [1.807, 2.05) is 73.2 Å². The maximum absolute atomic E-state index is 12.7. The first-order valence-electron chi connectivity index (χ1n) is 14.3. The number of rotatable bonds is 8. The van der Waals surface area contributed by atoms with Gasteiger partial charge in [-0.3, -0.25) is 4.98 Å². The molecule has 7 aromatic rings. The molecular weight excluding hydrogens is 520 g/mol. The molecule has 42 heavy (non-hydrogen) atoms. The molecule has 6 nitrogen and oxygen atoms in total. The molecule has 0 radical (unpaired) electrons. The van der Waals surface area contributed by atoms with Gasteiger partial charge in [-0.05, 0) is 77.6 Å². The van der Waals surface area contributed by atoms with Crippen LogP contribution >= 0.6 is 0 Å². The number of benzene rings is 3. The maximum atomic E-state index is 12.7. The third-order valence-electron chi connectivity index (χ3n) is 8.19. The van der Waals surface area contributed by atoms with Gasteiger partial charge in [-0.2, -0.15) is 0 Å². The Hall–Kier alpha value is -5.23. The summed E-state index contributed by atoms with van der Waals surface area (Å²) < 4.78 is 4.46. The Bertz CT molecular complexity index is 2090. The van der Waals surface area contributed by atoms with Crippen LogP contribution in [0.25, 0.3) is 38.6 Å². The monoisotopic (exact) mass is 550 g/mol. The number of carboxylic acids is 1. The lowest BCUT2D eigenvalue weighted by Crippen LogP contribution is -2.03. The number of carboxylic acid groups (broad SMARTS) is 1. The number of fused-ring (bicyclic) bond motifs is 3. The summed E-state index contributed by atoms with van der Waals surface area (Å²) in [4.78, 5) is 21.8. The average Bonchev–Trinajstić information content (AvgIpc) is 3.56. The SMILES string of the molecule is Cc1cccc2c1c(Cc1c(-c3ccc4ccccc4c3C(=O)O)nc3ccccn13)cn2CCCc1ccncc1. The molecule has 0 unspecified atom stereocenters. The topological polar surface area (TPSA) is 72.4 Å². The van der Waals surface area contributed by atoms with Crippen LogP contribution in [-0.2, 0) is 19.4 Å². The maximum Gasteiger partial charge on any atom is 0.337 e. The predicted molar refractivity (Wildman–Crippen MR) is 167 cm³/mol. The highest BCUT2D eigenvalue weighted by Crippen LogP contribution is 2.35. The molecule has 7 rings (SSSR count). The molecule has 0 atom stereocenters. The van der Waals surface area contributed by atoms with Crippen molar-refractivity contribution >= 4 is 33.3 Å². The summed E-state index contributed by atoms with van der Waals surface area (Å²) in [5, 5.41) is 13.2. The zero-order valence-corrected chi connectivity index (χ0v) is 23.4. The largest absolute Gasteiger partial charge is 0.478 e. The first-order chi connectivity index (χ1) is 20.6. The Morgan fingerprint density at radius 2 is 1.74 bits per heavy atom. The zero-order chi connectivity index (χ0) is 28.6. The van der Waals surface area contributed by atoms with Crippen LogP contribution in [0.2, 0.25) is 0 Å². The highest BCUT2D eigenvalue weighted by Gasteiger charge is 2.23. The molecule has 3 aromatic carbocycles. The fourth-order valence-corrected chi connectivity index (χ4v) is 6.26. The van der Waals surface area contributed by atoms with Crippen molar-refractivity contribution in [3.8, 4) is 11.3 Å². The van der Waals surface area contributed by atoms with Crippen LogP contribution in [0.15, 0.2) is 110 Å². The van der Waals surface area contributed by atoms with Gasteiger partial charge in [-0.25, -0.2) is 9.78 Å². The van der Waals surface area contributed by atoms with E-state index in [-0.39, 0.29) is 5.56 Å². The number of aromatic nitrogens is 4. The Kier molecular flexibility index (Phi) is 6.51. The normalized spacial score (nSPS) is 11.5. The lowest BCUT2D eigenvalue weighted by atomic mass is 9.94. The molecule has 0 amide bonds. The molecular formula is C36H30N4O2. The first kappa shape index (κ1) is 25.7. The molecule has 0 saturated carbocycles. The minimum atomic E-state index is -0.952. The third-order valence-corrected chi connectivity index (χ3v) is 8.19. The Labute approximate surface area is 243 Å². The van der Waals surface area contributed by atoms with Crippen molar-refractivity contribution in [2.75, 3.05) is 0 Å². The van der Waals surface area contributed by atoms with E-state index in [1.54, 1.807) is 0 Å². The number of carbonyl (C=O) groups is 1. The number of nitrogens with zero attached hydrogens (tertiary/aromatic N) is 4. The average molecular weight is 551 g/mol. The van der Waals surface area contributed by atoms with Crippen LogP contribution in [0.4, 0.5) is 0 Å². The molecule has 6 heteroatoms. The van der Waals surface area contributed by atoms with Gasteiger partial charge in [-0.15, -0.1) is 0 Å². The second kappa shape index (κ2) is 10.6. The van der Waals surface area contributed by atoms with Crippen molar-refractivity contribution < 1.29 is 9.90 Å². The molecule has 4 heterocycles. The van der Waals surface area contributed by atoms with Crippen molar-refractivity contribution in [2.45, 2.75) is 32.7 Å². The third kappa shape index (κ3) is 4.51. The number of hydrogen-bond donors (Lipinski definition) is 1. The van der Waals surface area contributed by atoms with Gasteiger partial charge in [0.2, 0.25) is 0 Å². The highest BCUT2D eigenvalue weighted by molar-refractivity contribution is 6.09. The predicted octanol–water partition coefficient (Wildman–Crippen LogP) is 7.73. The van der Waals surface area contributed by atoms with E-state index in [0.29, 0.717) is 23.1 Å².